The molecule has 0 aliphatic carbocycles. The predicted octanol–water partition coefficient (Wildman–Crippen LogP) is 0.625. The molecule has 0 unspecified atom stereocenters. The van der Waals surface area contributed by atoms with E-state index in [0.29, 0.717) is 0 Å². The van der Waals surface area contributed by atoms with Crippen LogP contribution in [0, 0.1) is 0 Å². The molecule has 0 bridgehead atoms. The Morgan fingerprint density at radius 2 is 2.50 bits per heavy atom. The number of anilines is 2. The van der Waals surface area contributed by atoms with E-state index in [4.69, 9.17) is 10.8 Å². The van der Waals surface area contributed by atoms with Crippen LogP contribution in [-0.2, 0) is 0 Å². The number of hydrogen-bond acceptors (Lipinski definition) is 4. The Kier molecular flexibility index (Phi) is 2.54. The van der Waals surface area contributed by atoms with Gasteiger partial charge in [-0.2, -0.15) is 0 Å². The van der Waals surface area contributed by atoms with Gasteiger partial charge in [0, 0.05) is 24.5 Å². The highest BCUT2D eigenvalue weighted by molar-refractivity contribution is 5.51. The van der Waals surface area contributed by atoms with Gasteiger partial charge in [-0.3, -0.25) is 0 Å². The van der Waals surface area contributed by atoms with Crippen LogP contribution in [0.25, 0.3) is 0 Å². The molecule has 1 aliphatic heterocycles. The molecule has 1 aromatic heterocycles. The molecule has 0 amide bonds. The smallest absolute Gasteiger partial charge is 0.130 e. The minimum absolute atomic E-state index is 0.191. The largest absolute Gasteiger partial charge is 0.399 e. The van der Waals surface area contributed by atoms with Crippen LogP contribution in [0.15, 0.2) is 18.3 Å². The van der Waals surface area contributed by atoms with Crippen molar-refractivity contribution in [2.75, 3.05) is 23.8 Å². The van der Waals surface area contributed by atoms with Gasteiger partial charge in [-0.1, -0.05) is 0 Å². The fourth-order valence-corrected chi connectivity index (χ4v) is 1.92. The maximum absolute atomic E-state index is 9.17. The van der Waals surface area contributed by atoms with E-state index in [2.05, 4.69) is 9.88 Å². The lowest BCUT2D eigenvalue weighted by Crippen LogP contribution is -2.32. The van der Waals surface area contributed by atoms with Gasteiger partial charge >= 0.3 is 0 Å². The lowest BCUT2D eigenvalue weighted by molar-refractivity contribution is 0.266. The van der Waals surface area contributed by atoms with E-state index in [1.807, 2.05) is 6.07 Å². The van der Waals surface area contributed by atoms with Gasteiger partial charge in [-0.25, -0.2) is 4.98 Å². The first kappa shape index (κ1) is 9.27. The number of rotatable bonds is 2. The highest BCUT2D eigenvalue weighted by Gasteiger charge is 2.24. The topological polar surface area (TPSA) is 62.4 Å². The number of aliphatic hydroxyl groups is 1. The molecule has 76 valence electrons. The van der Waals surface area contributed by atoms with Gasteiger partial charge < -0.3 is 15.7 Å². The Bertz CT molecular complexity index is 316. The average Bonchev–Trinajstić information content (AvgIpc) is 2.65. The minimum Gasteiger partial charge on any atom is -0.399 e. The Hall–Kier alpha value is -1.29. The van der Waals surface area contributed by atoms with Crippen LogP contribution in [0.2, 0.25) is 0 Å². The van der Waals surface area contributed by atoms with Crippen molar-refractivity contribution in [1.82, 2.24) is 4.98 Å². The maximum Gasteiger partial charge on any atom is 0.130 e. The molecule has 2 rings (SSSR count). The third kappa shape index (κ3) is 1.65. The number of nitrogens with zero attached hydrogens (tertiary/aromatic N) is 2. The molecule has 3 N–H and O–H groups in total. The fourth-order valence-electron chi connectivity index (χ4n) is 1.92. The molecular weight excluding hydrogens is 178 g/mol. The third-order valence-electron chi connectivity index (χ3n) is 2.65. The summed E-state index contributed by atoms with van der Waals surface area (Å²) in [5.74, 6) is 0.876. The van der Waals surface area contributed by atoms with Crippen LogP contribution in [0.5, 0.6) is 0 Å². The first-order chi connectivity index (χ1) is 6.81. The highest BCUT2D eigenvalue weighted by atomic mass is 16.3. The van der Waals surface area contributed by atoms with Gasteiger partial charge in [-0.15, -0.1) is 0 Å². The fraction of sp³-hybridized carbons (Fsp3) is 0.500. The number of nitrogen functional groups attached to an aromatic ring is 1. The van der Waals surface area contributed by atoms with E-state index in [0.717, 1.165) is 30.9 Å². The quantitative estimate of drug-likeness (QED) is 0.723. The molecule has 0 aromatic carbocycles. The first-order valence-electron chi connectivity index (χ1n) is 4.90. The molecule has 1 aromatic rings. The van der Waals surface area contributed by atoms with Crippen molar-refractivity contribution < 1.29 is 5.11 Å². The number of nitrogens with two attached hydrogens (primary N) is 1. The summed E-state index contributed by atoms with van der Waals surface area (Å²) in [5, 5.41) is 9.17. The summed E-state index contributed by atoms with van der Waals surface area (Å²) in [6.45, 7) is 1.15. The zero-order valence-electron chi connectivity index (χ0n) is 8.06. The monoisotopic (exact) mass is 193 g/mol. The second kappa shape index (κ2) is 3.84. The molecule has 14 heavy (non-hydrogen) atoms. The van der Waals surface area contributed by atoms with E-state index in [9.17, 15) is 0 Å². The number of pyridine rings is 1. The molecule has 1 aliphatic rings. The Morgan fingerprint density at radius 1 is 1.64 bits per heavy atom. The SMILES string of the molecule is Nc1ccnc(N2CCC[C@@H]2CO)c1. The number of hydrogen-bond donors (Lipinski definition) is 2. The third-order valence-corrected chi connectivity index (χ3v) is 2.65. The second-order valence-electron chi connectivity index (χ2n) is 3.62. The van der Waals surface area contributed by atoms with Crippen molar-refractivity contribution in [3.05, 3.63) is 18.3 Å². The molecule has 0 saturated carbocycles. The lowest BCUT2D eigenvalue weighted by atomic mass is 10.2. The Balaban J connectivity index is 2.21. The van der Waals surface area contributed by atoms with Gasteiger partial charge in [0.2, 0.25) is 0 Å². The summed E-state index contributed by atoms with van der Waals surface area (Å²) in [7, 11) is 0. The molecule has 1 atom stereocenters. The van der Waals surface area contributed by atoms with Crippen molar-refractivity contribution in [3.8, 4) is 0 Å². The normalized spacial score (nSPS) is 21.5. The standard InChI is InChI=1S/C10H15N3O/c11-8-3-4-12-10(6-8)13-5-1-2-9(13)7-14/h3-4,6,9,14H,1-2,5,7H2,(H2,11,12)/t9-/m1/s1. The summed E-state index contributed by atoms with van der Waals surface area (Å²) in [6.07, 6.45) is 3.85. The van der Waals surface area contributed by atoms with Gasteiger partial charge in [0.25, 0.3) is 0 Å². The van der Waals surface area contributed by atoms with Crippen LogP contribution >= 0.6 is 0 Å². The predicted molar refractivity (Wildman–Crippen MR) is 56.1 cm³/mol. The zero-order valence-corrected chi connectivity index (χ0v) is 8.06. The molecule has 2 heterocycles. The van der Waals surface area contributed by atoms with Crippen LogP contribution in [0.4, 0.5) is 11.5 Å². The molecule has 1 fully saturated rings. The first-order valence-corrected chi connectivity index (χ1v) is 4.90. The molecule has 4 nitrogen and oxygen atoms in total. The van der Waals surface area contributed by atoms with Gasteiger partial charge in [0.05, 0.1) is 12.6 Å². The summed E-state index contributed by atoms with van der Waals surface area (Å²) in [5.41, 5.74) is 6.40. The van der Waals surface area contributed by atoms with E-state index in [1.165, 1.54) is 0 Å². The number of aliphatic hydroxyl groups excluding tert-OH is 1. The van der Waals surface area contributed by atoms with Crippen molar-refractivity contribution in [2.45, 2.75) is 18.9 Å². The van der Waals surface area contributed by atoms with E-state index >= 15 is 0 Å². The van der Waals surface area contributed by atoms with Crippen molar-refractivity contribution in [2.24, 2.45) is 0 Å². The molecular formula is C10H15N3O. The summed E-state index contributed by atoms with van der Waals surface area (Å²) >= 11 is 0. The van der Waals surface area contributed by atoms with Crippen LogP contribution in [0.3, 0.4) is 0 Å². The van der Waals surface area contributed by atoms with Gasteiger partial charge in [-0.05, 0) is 18.9 Å². The Morgan fingerprint density at radius 3 is 3.21 bits per heavy atom. The summed E-state index contributed by atoms with van der Waals surface area (Å²) in [4.78, 5) is 6.38. The minimum atomic E-state index is 0.191. The summed E-state index contributed by atoms with van der Waals surface area (Å²) < 4.78 is 0. The molecule has 4 heteroatoms. The molecule has 1 saturated heterocycles. The lowest BCUT2D eigenvalue weighted by Gasteiger charge is -2.24. The molecule has 0 spiro atoms. The van der Waals surface area contributed by atoms with Gasteiger partial charge in [0.15, 0.2) is 0 Å². The molecule has 0 radical (unpaired) electrons. The maximum atomic E-state index is 9.17. The average molecular weight is 193 g/mol. The number of aromatic nitrogens is 1. The van der Waals surface area contributed by atoms with Crippen molar-refractivity contribution >= 4 is 11.5 Å². The van der Waals surface area contributed by atoms with Crippen LogP contribution < -0.4 is 10.6 Å². The van der Waals surface area contributed by atoms with E-state index in [-0.39, 0.29) is 12.6 Å². The van der Waals surface area contributed by atoms with Crippen molar-refractivity contribution in [1.29, 1.82) is 0 Å². The highest BCUT2D eigenvalue weighted by Crippen LogP contribution is 2.24. The summed E-state index contributed by atoms with van der Waals surface area (Å²) in [6, 6.07) is 3.84. The van der Waals surface area contributed by atoms with Gasteiger partial charge in [0.1, 0.15) is 5.82 Å². The second-order valence-corrected chi connectivity index (χ2v) is 3.62. The Labute approximate surface area is 83.4 Å². The van der Waals surface area contributed by atoms with Crippen LogP contribution in [-0.4, -0.2) is 29.3 Å². The van der Waals surface area contributed by atoms with Crippen LogP contribution in [0.1, 0.15) is 12.8 Å². The van der Waals surface area contributed by atoms with E-state index in [1.54, 1.807) is 12.3 Å². The zero-order chi connectivity index (χ0) is 9.97. The van der Waals surface area contributed by atoms with Crippen molar-refractivity contribution in [3.63, 3.8) is 0 Å². The van der Waals surface area contributed by atoms with E-state index < -0.39 is 0 Å².